The molecule has 6 nitrogen and oxygen atoms in total. The van der Waals surface area contributed by atoms with E-state index < -0.39 is 21.9 Å². The van der Waals surface area contributed by atoms with E-state index in [0.717, 1.165) is 30.2 Å². The van der Waals surface area contributed by atoms with Crippen LogP contribution >= 0.6 is 11.6 Å². The van der Waals surface area contributed by atoms with E-state index in [1.807, 2.05) is 0 Å². The van der Waals surface area contributed by atoms with E-state index in [-0.39, 0.29) is 15.8 Å². The lowest BCUT2D eigenvalue weighted by molar-refractivity contribution is -0.127. The zero-order valence-electron chi connectivity index (χ0n) is 14.8. The normalized spacial score (nSPS) is 18.9. The number of carbonyl (C=O) groups excluding carboxylic acids is 1. The van der Waals surface area contributed by atoms with Gasteiger partial charge in [0.25, 0.3) is 15.9 Å². The van der Waals surface area contributed by atoms with Crippen molar-refractivity contribution < 1.29 is 22.3 Å². The summed E-state index contributed by atoms with van der Waals surface area (Å²) in [5.74, 6) is -0.789. The fraction of sp³-hybridized carbons (Fsp3) is 0.316. The van der Waals surface area contributed by atoms with Crippen molar-refractivity contribution in [2.24, 2.45) is 0 Å². The predicted molar refractivity (Wildman–Crippen MR) is 104 cm³/mol. The van der Waals surface area contributed by atoms with Crippen LogP contribution in [0.4, 0.5) is 15.8 Å². The highest BCUT2D eigenvalue weighted by molar-refractivity contribution is 7.92. The first-order chi connectivity index (χ1) is 13.3. The summed E-state index contributed by atoms with van der Waals surface area (Å²) in [4.78, 5) is 14.2. The first-order valence-electron chi connectivity index (χ1n) is 8.89. The number of sulfonamides is 1. The van der Waals surface area contributed by atoms with E-state index in [2.05, 4.69) is 4.72 Å². The van der Waals surface area contributed by atoms with Crippen LogP contribution in [0.15, 0.2) is 41.3 Å². The number of nitrogens with one attached hydrogen (secondary N) is 1. The van der Waals surface area contributed by atoms with Crippen molar-refractivity contribution in [3.8, 4) is 0 Å². The van der Waals surface area contributed by atoms with Gasteiger partial charge in [-0.1, -0.05) is 17.7 Å². The summed E-state index contributed by atoms with van der Waals surface area (Å²) in [7, 11) is -3.95. The number of rotatable bonds is 4. The minimum Gasteiger partial charge on any atom is -0.368 e. The van der Waals surface area contributed by atoms with Crippen molar-refractivity contribution >= 4 is 38.9 Å². The molecule has 0 bridgehead atoms. The van der Waals surface area contributed by atoms with Gasteiger partial charge < -0.3 is 9.64 Å². The van der Waals surface area contributed by atoms with Gasteiger partial charge in [-0.3, -0.25) is 9.52 Å². The molecule has 0 aliphatic carbocycles. The number of benzene rings is 2. The van der Waals surface area contributed by atoms with Crippen LogP contribution in [0.2, 0.25) is 5.02 Å². The molecule has 0 radical (unpaired) electrons. The highest BCUT2D eigenvalue weighted by Gasteiger charge is 2.33. The largest absolute Gasteiger partial charge is 0.368 e. The van der Waals surface area contributed by atoms with Crippen LogP contribution in [0.25, 0.3) is 0 Å². The summed E-state index contributed by atoms with van der Waals surface area (Å²) >= 11 is 5.69. The van der Waals surface area contributed by atoms with Gasteiger partial charge in [0.05, 0.1) is 15.6 Å². The number of amides is 1. The summed E-state index contributed by atoms with van der Waals surface area (Å²) in [5, 5.41) is -0.273. The van der Waals surface area contributed by atoms with Gasteiger partial charge in [0.2, 0.25) is 0 Å². The third-order valence-corrected chi connectivity index (χ3v) is 6.57. The molecular formula is C19H18ClFN2O4S. The Kier molecular flexibility index (Phi) is 5.03. The van der Waals surface area contributed by atoms with E-state index in [9.17, 15) is 17.6 Å². The molecule has 1 unspecified atom stereocenters. The third-order valence-electron chi connectivity index (χ3n) is 4.91. The van der Waals surface area contributed by atoms with Gasteiger partial charge in [-0.2, -0.15) is 0 Å². The lowest BCUT2D eigenvalue weighted by Gasteiger charge is -2.21. The van der Waals surface area contributed by atoms with Crippen LogP contribution in [-0.4, -0.2) is 33.6 Å². The maximum atomic E-state index is 13.3. The van der Waals surface area contributed by atoms with Crippen LogP contribution in [0.1, 0.15) is 18.4 Å². The van der Waals surface area contributed by atoms with Gasteiger partial charge in [0.1, 0.15) is 11.9 Å². The van der Waals surface area contributed by atoms with Crippen molar-refractivity contribution in [1.29, 1.82) is 0 Å². The Bertz CT molecular complexity index is 1040. The highest BCUT2D eigenvalue weighted by atomic mass is 35.5. The Morgan fingerprint density at radius 1 is 1.25 bits per heavy atom. The molecule has 2 aliphatic heterocycles. The molecule has 148 valence electrons. The summed E-state index contributed by atoms with van der Waals surface area (Å²) in [6, 6.07) is 8.28. The molecule has 2 aromatic rings. The molecule has 1 amide bonds. The van der Waals surface area contributed by atoms with E-state index in [1.165, 1.54) is 0 Å². The van der Waals surface area contributed by atoms with E-state index in [4.69, 9.17) is 16.3 Å². The van der Waals surface area contributed by atoms with Crippen LogP contribution in [-0.2, 0) is 26.0 Å². The second-order valence-corrected chi connectivity index (χ2v) is 8.86. The van der Waals surface area contributed by atoms with E-state index in [0.29, 0.717) is 37.4 Å². The van der Waals surface area contributed by atoms with Crippen LogP contribution in [0.5, 0.6) is 0 Å². The Morgan fingerprint density at radius 3 is 2.79 bits per heavy atom. The quantitative estimate of drug-likeness (QED) is 0.816. The van der Waals surface area contributed by atoms with Crippen LogP contribution in [0, 0.1) is 5.82 Å². The maximum Gasteiger partial charge on any atom is 0.261 e. The van der Waals surface area contributed by atoms with Crippen molar-refractivity contribution in [2.45, 2.75) is 30.3 Å². The van der Waals surface area contributed by atoms with Crippen LogP contribution < -0.4 is 9.62 Å². The molecule has 1 saturated heterocycles. The van der Waals surface area contributed by atoms with Gasteiger partial charge in [0, 0.05) is 18.8 Å². The Labute approximate surface area is 167 Å². The second-order valence-electron chi connectivity index (χ2n) is 6.77. The molecule has 28 heavy (non-hydrogen) atoms. The number of nitrogens with zero attached hydrogens (tertiary/aromatic N) is 1. The first kappa shape index (κ1) is 19.2. The molecule has 2 aromatic carbocycles. The number of fused-ring (bicyclic) bond motifs is 1. The predicted octanol–water partition coefficient (Wildman–Crippen LogP) is 3.35. The third kappa shape index (κ3) is 3.59. The Morgan fingerprint density at radius 2 is 2.07 bits per heavy atom. The standard InChI is InChI=1S/C19H18ClFN2O4S/c20-15-11-14(5-6-16(15)21)28(25,26)22-13-4-3-12-7-8-23(17(12)10-13)19(24)18-2-1-9-27-18/h3-6,10-11,18,22H,1-2,7-9H2. The van der Waals surface area contributed by atoms with Gasteiger partial charge in [-0.05, 0) is 55.2 Å². The van der Waals surface area contributed by atoms with Crippen molar-refractivity contribution in [2.75, 3.05) is 22.8 Å². The molecular weight excluding hydrogens is 407 g/mol. The summed E-state index contributed by atoms with van der Waals surface area (Å²) in [5.41, 5.74) is 1.96. The second kappa shape index (κ2) is 7.35. The SMILES string of the molecule is O=C(C1CCCO1)N1CCc2ccc(NS(=O)(=O)c3ccc(F)c(Cl)c3)cc21. The average molecular weight is 425 g/mol. The molecule has 1 N–H and O–H groups in total. The molecule has 2 heterocycles. The monoisotopic (exact) mass is 424 g/mol. The molecule has 0 saturated carbocycles. The number of carbonyl (C=O) groups is 1. The van der Waals surface area contributed by atoms with Gasteiger partial charge in [-0.25, -0.2) is 12.8 Å². The van der Waals surface area contributed by atoms with Gasteiger partial charge >= 0.3 is 0 Å². The molecule has 0 aromatic heterocycles. The molecule has 1 fully saturated rings. The first-order valence-corrected chi connectivity index (χ1v) is 10.7. The summed E-state index contributed by atoms with van der Waals surface area (Å²) < 4.78 is 46.5. The smallest absolute Gasteiger partial charge is 0.261 e. The number of anilines is 2. The van der Waals surface area contributed by atoms with Gasteiger partial charge in [0.15, 0.2) is 0 Å². The highest BCUT2D eigenvalue weighted by Crippen LogP contribution is 2.33. The average Bonchev–Trinajstić information content (AvgIpc) is 3.32. The number of ether oxygens (including phenoxy) is 1. The Hall–Kier alpha value is -2.16. The fourth-order valence-corrected chi connectivity index (χ4v) is 4.80. The molecule has 2 aliphatic rings. The fourth-order valence-electron chi connectivity index (χ4n) is 3.48. The minimum atomic E-state index is -3.95. The number of hydrogen-bond acceptors (Lipinski definition) is 4. The topological polar surface area (TPSA) is 75.7 Å². The molecule has 4 rings (SSSR count). The minimum absolute atomic E-state index is 0.0958. The zero-order chi connectivity index (χ0) is 19.9. The van der Waals surface area contributed by atoms with Crippen molar-refractivity contribution in [1.82, 2.24) is 0 Å². The lowest BCUT2D eigenvalue weighted by atomic mass is 10.1. The summed E-state index contributed by atoms with van der Waals surface area (Å²) in [6.07, 6.45) is 1.82. The number of halogens is 2. The van der Waals surface area contributed by atoms with Crippen molar-refractivity contribution in [3.05, 3.63) is 52.8 Å². The lowest BCUT2D eigenvalue weighted by Crippen LogP contribution is -2.37. The van der Waals surface area contributed by atoms with Gasteiger partial charge in [-0.15, -0.1) is 0 Å². The van der Waals surface area contributed by atoms with Crippen molar-refractivity contribution in [3.63, 3.8) is 0 Å². The van der Waals surface area contributed by atoms with E-state index >= 15 is 0 Å². The number of hydrogen-bond donors (Lipinski definition) is 1. The molecule has 1 atom stereocenters. The zero-order valence-corrected chi connectivity index (χ0v) is 16.4. The maximum absolute atomic E-state index is 13.3. The summed E-state index contributed by atoms with van der Waals surface area (Å²) in [6.45, 7) is 1.12. The molecule has 9 heteroatoms. The Balaban J connectivity index is 1.59. The molecule has 0 spiro atoms. The van der Waals surface area contributed by atoms with Crippen LogP contribution in [0.3, 0.4) is 0 Å². The van der Waals surface area contributed by atoms with E-state index in [1.54, 1.807) is 23.1 Å².